The predicted octanol–water partition coefficient (Wildman–Crippen LogP) is 2.30. The van der Waals surface area contributed by atoms with Crippen molar-refractivity contribution in [3.8, 4) is 0 Å². The minimum Gasteiger partial charge on any atom is -0.316 e. The van der Waals surface area contributed by atoms with Crippen molar-refractivity contribution in [3.63, 3.8) is 0 Å². The largest absolute Gasteiger partial charge is 0.316 e. The number of hydrogen-bond acceptors (Lipinski definition) is 3. The normalized spacial score (nSPS) is 13.0. The highest BCUT2D eigenvalue weighted by atomic mass is 15.2. The molecule has 0 fully saturated rings. The Balaban J connectivity index is 1.80. The molecular formula is C14H22N4. The lowest BCUT2D eigenvalue weighted by Gasteiger charge is -2.10. The first-order chi connectivity index (χ1) is 8.81. The maximum atomic E-state index is 4.22. The molecule has 0 saturated carbocycles. The van der Waals surface area contributed by atoms with E-state index in [1.165, 1.54) is 12.8 Å². The van der Waals surface area contributed by atoms with Gasteiger partial charge in [-0.1, -0.05) is 26.3 Å². The molecule has 0 aliphatic heterocycles. The van der Waals surface area contributed by atoms with Crippen LogP contribution in [0.2, 0.25) is 0 Å². The number of hydrogen-bond donors (Lipinski definition) is 1. The Morgan fingerprint density at radius 3 is 3.06 bits per heavy atom. The number of rotatable bonds is 7. The maximum absolute atomic E-state index is 4.22. The molecule has 0 spiro atoms. The fourth-order valence-electron chi connectivity index (χ4n) is 2.20. The van der Waals surface area contributed by atoms with E-state index < -0.39 is 0 Å². The van der Waals surface area contributed by atoms with E-state index in [-0.39, 0.29) is 0 Å². The van der Waals surface area contributed by atoms with Crippen molar-refractivity contribution in [2.24, 2.45) is 5.92 Å². The van der Waals surface area contributed by atoms with Crippen molar-refractivity contribution in [3.05, 3.63) is 30.2 Å². The SMILES string of the molecule is CCCC(C)CNCCc1nnc2ccccn12. The monoisotopic (exact) mass is 246 g/mol. The van der Waals surface area contributed by atoms with Gasteiger partial charge in [0.25, 0.3) is 0 Å². The van der Waals surface area contributed by atoms with Crippen LogP contribution in [0, 0.1) is 5.92 Å². The van der Waals surface area contributed by atoms with Crippen LogP contribution in [0.5, 0.6) is 0 Å². The van der Waals surface area contributed by atoms with Crippen molar-refractivity contribution in [1.29, 1.82) is 0 Å². The molecule has 1 N–H and O–H groups in total. The molecule has 2 heterocycles. The summed E-state index contributed by atoms with van der Waals surface area (Å²) in [5.74, 6) is 1.78. The van der Waals surface area contributed by atoms with Gasteiger partial charge in [-0.3, -0.25) is 4.40 Å². The summed E-state index contributed by atoms with van der Waals surface area (Å²) < 4.78 is 2.05. The zero-order chi connectivity index (χ0) is 12.8. The molecule has 0 aromatic carbocycles. The van der Waals surface area contributed by atoms with Crippen LogP contribution in [0.15, 0.2) is 24.4 Å². The van der Waals surface area contributed by atoms with Gasteiger partial charge in [0.05, 0.1) is 0 Å². The highest BCUT2D eigenvalue weighted by molar-refractivity contribution is 5.36. The van der Waals surface area contributed by atoms with Crippen LogP contribution in [0.1, 0.15) is 32.5 Å². The first-order valence-corrected chi connectivity index (χ1v) is 6.80. The van der Waals surface area contributed by atoms with E-state index >= 15 is 0 Å². The van der Waals surface area contributed by atoms with Gasteiger partial charge in [0, 0.05) is 19.2 Å². The summed E-state index contributed by atoms with van der Waals surface area (Å²) in [4.78, 5) is 0. The van der Waals surface area contributed by atoms with Gasteiger partial charge in [-0.25, -0.2) is 0 Å². The Hall–Kier alpha value is -1.42. The van der Waals surface area contributed by atoms with Gasteiger partial charge >= 0.3 is 0 Å². The van der Waals surface area contributed by atoms with E-state index in [9.17, 15) is 0 Å². The number of nitrogens with zero attached hydrogens (tertiary/aromatic N) is 3. The Kier molecular flexibility index (Phi) is 4.70. The van der Waals surface area contributed by atoms with E-state index in [2.05, 4.69) is 33.8 Å². The molecule has 4 nitrogen and oxygen atoms in total. The number of pyridine rings is 1. The third kappa shape index (κ3) is 3.29. The minimum absolute atomic E-state index is 0.755. The first-order valence-electron chi connectivity index (χ1n) is 6.80. The first kappa shape index (κ1) is 13.0. The van der Waals surface area contributed by atoms with Gasteiger partial charge in [0.15, 0.2) is 5.65 Å². The fraction of sp³-hybridized carbons (Fsp3) is 0.571. The Morgan fingerprint density at radius 2 is 2.22 bits per heavy atom. The van der Waals surface area contributed by atoms with E-state index in [0.717, 1.165) is 36.9 Å². The van der Waals surface area contributed by atoms with Crippen LogP contribution in [0.4, 0.5) is 0 Å². The molecule has 0 aliphatic carbocycles. The topological polar surface area (TPSA) is 42.2 Å². The van der Waals surface area contributed by atoms with E-state index in [4.69, 9.17) is 0 Å². The Bertz CT molecular complexity index is 477. The lowest BCUT2D eigenvalue weighted by atomic mass is 10.1. The van der Waals surface area contributed by atoms with Crippen molar-refractivity contribution in [1.82, 2.24) is 19.9 Å². The third-order valence-electron chi connectivity index (χ3n) is 3.18. The van der Waals surface area contributed by atoms with E-state index in [0.29, 0.717) is 0 Å². The molecule has 0 bridgehead atoms. The Labute approximate surface area is 108 Å². The van der Waals surface area contributed by atoms with Crippen LogP contribution >= 0.6 is 0 Å². The highest BCUT2D eigenvalue weighted by Crippen LogP contribution is 2.04. The van der Waals surface area contributed by atoms with Gasteiger partial charge in [0.2, 0.25) is 0 Å². The average Bonchev–Trinajstić information content (AvgIpc) is 2.78. The predicted molar refractivity (Wildman–Crippen MR) is 73.6 cm³/mol. The van der Waals surface area contributed by atoms with Gasteiger partial charge in [-0.15, -0.1) is 10.2 Å². The van der Waals surface area contributed by atoms with Gasteiger partial charge in [-0.05, 0) is 31.0 Å². The molecule has 2 aromatic rings. The molecule has 18 heavy (non-hydrogen) atoms. The highest BCUT2D eigenvalue weighted by Gasteiger charge is 2.04. The van der Waals surface area contributed by atoms with E-state index in [1.54, 1.807) is 0 Å². The average molecular weight is 246 g/mol. The van der Waals surface area contributed by atoms with Crippen LogP contribution < -0.4 is 5.32 Å². The molecule has 0 radical (unpaired) electrons. The smallest absolute Gasteiger partial charge is 0.160 e. The summed E-state index contributed by atoms with van der Waals surface area (Å²) in [6, 6.07) is 5.97. The quantitative estimate of drug-likeness (QED) is 0.762. The molecular weight excluding hydrogens is 224 g/mol. The van der Waals surface area contributed by atoms with Crippen molar-refractivity contribution < 1.29 is 0 Å². The van der Waals surface area contributed by atoms with Crippen LogP contribution in [-0.2, 0) is 6.42 Å². The Morgan fingerprint density at radius 1 is 1.33 bits per heavy atom. The summed E-state index contributed by atoms with van der Waals surface area (Å²) in [7, 11) is 0. The summed E-state index contributed by atoms with van der Waals surface area (Å²) in [6.45, 7) is 6.58. The zero-order valence-corrected chi connectivity index (χ0v) is 11.3. The second-order valence-electron chi connectivity index (χ2n) is 4.89. The minimum atomic E-state index is 0.755. The molecule has 1 unspecified atom stereocenters. The zero-order valence-electron chi connectivity index (χ0n) is 11.3. The second-order valence-corrected chi connectivity index (χ2v) is 4.89. The van der Waals surface area contributed by atoms with E-state index in [1.807, 2.05) is 24.4 Å². The summed E-state index contributed by atoms with van der Waals surface area (Å²) in [5.41, 5.74) is 0.923. The van der Waals surface area contributed by atoms with Crippen molar-refractivity contribution in [2.45, 2.75) is 33.1 Å². The van der Waals surface area contributed by atoms with Gasteiger partial charge < -0.3 is 5.32 Å². The number of nitrogens with one attached hydrogen (secondary N) is 1. The lowest BCUT2D eigenvalue weighted by molar-refractivity contribution is 0.476. The maximum Gasteiger partial charge on any atom is 0.160 e. The summed E-state index contributed by atoms with van der Waals surface area (Å²) in [6.07, 6.45) is 5.49. The van der Waals surface area contributed by atoms with Gasteiger partial charge in [-0.2, -0.15) is 0 Å². The molecule has 0 aliphatic rings. The van der Waals surface area contributed by atoms with Crippen LogP contribution in [0.25, 0.3) is 5.65 Å². The summed E-state index contributed by atoms with van der Waals surface area (Å²) in [5, 5.41) is 11.9. The molecule has 2 aromatic heterocycles. The molecule has 4 heteroatoms. The molecule has 1 atom stereocenters. The molecule has 2 rings (SSSR count). The van der Waals surface area contributed by atoms with Crippen LogP contribution in [-0.4, -0.2) is 27.7 Å². The fourth-order valence-corrected chi connectivity index (χ4v) is 2.20. The lowest BCUT2D eigenvalue weighted by Crippen LogP contribution is -2.24. The van der Waals surface area contributed by atoms with Crippen molar-refractivity contribution >= 4 is 5.65 Å². The third-order valence-corrected chi connectivity index (χ3v) is 3.18. The summed E-state index contributed by atoms with van der Waals surface area (Å²) >= 11 is 0. The number of aromatic nitrogens is 3. The molecule has 98 valence electrons. The molecule has 0 saturated heterocycles. The number of fused-ring (bicyclic) bond motifs is 1. The van der Waals surface area contributed by atoms with Crippen LogP contribution in [0.3, 0.4) is 0 Å². The molecule has 0 amide bonds. The standard InChI is InChI=1S/C14H22N4/c1-3-6-12(2)11-15-9-8-14-17-16-13-7-4-5-10-18(13)14/h4-5,7,10,12,15H,3,6,8-9,11H2,1-2H3. The van der Waals surface area contributed by atoms with Gasteiger partial charge in [0.1, 0.15) is 5.82 Å². The van der Waals surface area contributed by atoms with Crippen molar-refractivity contribution in [2.75, 3.05) is 13.1 Å². The second kappa shape index (κ2) is 6.50.